The van der Waals surface area contributed by atoms with E-state index in [1.54, 1.807) is 14.1 Å². The fourth-order valence-electron chi connectivity index (χ4n) is 2.74. The maximum Gasteiger partial charge on any atom is 0.210 e. The van der Waals surface area contributed by atoms with Crippen LogP contribution in [0.2, 0.25) is 0 Å². The number of nitrogens with zero attached hydrogens (tertiary/aromatic N) is 1. The van der Waals surface area contributed by atoms with Crippen LogP contribution in [0.4, 0.5) is 5.69 Å². The molecular formula is C14H19N3O2. The molecule has 102 valence electrons. The predicted molar refractivity (Wildman–Crippen MR) is 73.8 cm³/mol. The van der Waals surface area contributed by atoms with Crippen molar-refractivity contribution in [3.63, 3.8) is 0 Å². The first-order valence-corrected chi connectivity index (χ1v) is 6.27. The van der Waals surface area contributed by atoms with Gasteiger partial charge in [0.1, 0.15) is 5.54 Å². The highest BCUT2D eigenvalue weighted by atomic mass is 16.2. The van der Waals surface area contributed by atoms with Crippen LogP contribution in [0.15, 0.2) is 18.2 Å². The molecule has 0 spiro atoms. The van der Waals surface area contributed by atoms with E-state index in [1.807, 2.05) is 18.2 Å². The lowest BCUT2D eigenvalue weighted by Gasteiger charge is -2.34. The van der Waals surface area contributed by atoms with Gasteiger partial charge in [-0.15, -0.1) is 0 Å². The summed E-state index contributed by atoms with van der Waals surface area (Å²) in [6, 6.07) is 5.67. The Balaban J connectivity index is 2.39. The van der Waals surface area contributed by atoms with E-state index in [9.17, 15) is 9.59 Å². The second-order valence-corrected chi connectivity index (χ2v) is 5.08. The van der Waals surface area contributed by atoms with Crippen LogP contribution in [0.5, 0.6) is 0 Å². The van der Waals surface area contributed by atoms with Crippen LogP contribution in [-0.4, -0.2) is 43.3 Å². The molecule has 0 bridgehead atoms. The molecule has 5 heteroatoms. The Kier molecular flexibility index (Phi) is 3.57. The average molecular weight is 261 g/mol. The van der Waals surface area contributed by atoms with Crippen molar-refractivity contribution in [2.45, 2.75) is 18.4 Å². The van der Waals surface area contributed by atoms with Gasteiger partial charge >= 0.3 is 0 Å². The van der Waals surface area contributed by atoms with Crippen molar-refractivity contribution in [3.05, 3.63) is 29.3 Å². The molecule has 5 nitrogen and oxygen atoms in total. The number of nitrogens with two attached hydrogens (primary N) is 1. The van der Waals surface area contributed by atoms with Crippen LogP contribution in [0.25, 0.3) is 0 Å². The zero-order valence-electron chi connectivity index (χ0n) is 11.3. The van der Waals surface area contributed by atoms with Crippen LogP contribution in [-0.2, 0) is 22.4 Å². The van der Waals surface area contributed by atoms with Gasteiger partial charge in [-0.2, -0.15) is 0 Å². The normalized spacial score (nSPS) is 20.9. The highest BCUT2D eigenvalue weighted by Crippen LogP contribution is 2.35. The lowest BCUT2D eigenvalue weighted by molar-refractivity contribution is -0.136. The average Bonchev–Trinajstić information content (AvgIpc) is 2.77. The van der Waals surface area contributed by atoms with Gasteiger partial charge < -0.3 is 16.0 Å². The van der Waals surface area contributed by atoms with Gasteiger partial charge in [-0.25, -0.2) is 0 Å². The summed E-state index contributed by atoms with van der Waals surface area (Å²) in [5, 5.41) is 2.87. The third kappa shape index (κ3) is 2.21. The van der Waals surface area contributed by atoms with Crippen molar-refractivity contribution < 1.29 is 9.59 Å². The smallest absolute Gasteiger partial charge is 0.210 e. The number of benzene rings is 1. The van der Waals surface area contributed by atoms with E-state index >= 15 is 0 Å². The molecule has 0 heterocycles. The maximum absolute atomic E-state index is 12.4. The molecule has 3 N–H and O–H groups in total. The summed E-state index contributed by atoms with van der Waals surface area (Å²) in [6.07, 6.45) is 1.81. The summed E-state index contributed by atoms with van der Waals surface area (Å²) in [6.45, 7) is 0.252. The molecular weight excluding hydrogens is 242 g/mol. The predicted octanol–water partition coefficient (Wildman–Crippen LogP) is -0.0171. The number of nitrogen functional groups attached to an aromatic ring is 1. The maximum atomic E-state index is 12.4. The van der Waals surface area contributed by atoms with Crippen LogP contribution in [0, 0.1) is 0 Å². The summed E-state index contributed by atoms with van der Waals surface area (Å²) in [5.41, 5.74) is 7.83. The van der Waals surface area contributed by atoms with Gasteiger partial charge in [0.15, 0.2) is 5.78 Å². The van der Waals surface area contributed by atoms with Crippen LogP contribution in [0.1, 0.15) is 11.1 Å². The number of carbonyl (C=O) groups excluding carboxylic acids is 2. The number of anilines is 1. The molecule has 1 atom stereocenters. The van der Waals surface area contributed by atoms with Gasteiger partial charge in [0, 0.05) is 25.6 Å². The van der Waals surface area contributed by atoms with Crippen LogP contribution >= 0.6 is 0 Å². The molecule has 1 aliphatic carbocycles. The Labute approximate surface area is 112 Å². The number of nitrogens with one attached hydrogen (secondary N) is 1. The van der Waals surface area contributed by atoms with Gasteiger partial charge in [-0.1, -0.05) is 6.07 Å². The number of hydrogen-bond acceptors (Lipinski definition) is 4. The summed E-state index contributed by atoms with van der Waals surface area (Å²) in [4.78, 5) is 25.1. The number of Topliss-reactive ketones (excluding diaryl/α,β-unsaturated/α-hetero) is 1. The Bertz CT molecular complexity index is 515. The van der Waals surface area contributed by atoms with Gasteiger partial charge in [-0.05, 0) is 30.3 Å². The SMILES string of the molecule is CNCC(=O)C1(N(C)C=O)Cc2ccc(N)cc2C1. The topological polar surface area (TPSA) is 75.4 Å². The molecule has 1 amide bonds. The van der Waals surface area contributed by atoms with Crippen molar-refractivity contribution >= 4 is 17.9 Å². The minimum absolute atomic E-state index is 0.0272. The van der Waals surface area contributed by atoms with Crippen LogP contribution < -0.4 is 11.1 Å². The summed E-state index contributed by atoms with van der Waals surface area (Å²) in [5.74, 6) is 0.0272. The largest absolute Gasteiger partial charge is 0.399 e. The van der Waals surface area contributed by atoms with Gasteiger partial charge in [0.05, 0.1) is 6.54 Å². The Hall–Kier alpha value is -1.88. The second-order valence-electron chi connectivity index (χ2n) is 5.08. The van der Waals surface area contributed by atoms with E-state index < -0.39 is 5.54 Å². The first-order valence-electron chi connectivity index (χ1n) is 6.27. The summed E-state index contributed by atoms with van der Waals surface area (Å²) in [7, 11) is 3.39. The molecule has 0 aromatic heterocycles. The fourth-order valence-corrected chi connectivity index (χ4v) is 2.74. The Morgan fingerprint density at radius 1 is 1.47 bits per heavy atom. The molecule has 0 saturated heterocycles. The number of fused-ring (bicyclic) bond motifs is 1. The van der Waals surface area contributed by atoms with E-state index in [2.05, 4.69) is 5.32 Å². The lowest BCUT2D eigenvalue weighted by Crippen LogP contribution is -2.55. The summed E-state index contributed by atoms with van der Waals surface area (Å²) >= 11 is 0. The minimum Gasteiger partial charge on any atom is -0.399 e. The van der Waals surface area contributed by atoms with Crippen molar-refractivity contribution in [1.29, 1.82) is 0 Å². The van der Waals surface area contributed by atoms with Gasteiger partial charge in [0.25, 0.3) is 0 Å². The van der Waals surface area contributed by atoms with E-state index in [4.69, 9.17) is 5.73 Å². The molecule has 2 rings (SSSR count). The third-order valence-corrected chi connectivity index (χ3v) is 3.89. The molecule has 1 unspecified atom stereocenters. The number of carbonyl (C=O) groups is 2. The molecule has 1 aromatic carbocycles. The van der Waals surface area contributed by atoms with Crippen molar-refractivity contribution in [3.8, 4) is 0 Å². The van der Waals surface area contributed by atoms with Crippen molar-refractivity contribution in [2.75, 3.05) is 26.4 Å². The Morgan fingerprint density at radius 2 is 2.16 bits per heavy atom. The van der Waals surface area contributed by atoms with Crippen molar-refractivity contribution in [2.24, 2.45) is 0 Å². The quantitative estimate of drug-likeness (QED) is 0.577. The lowest BCUT2D eigenvalue weighted by atomic mass is 9.88. The number of amides is 1. The molecule has 0 aliphatic heterocycles. The van der Waals surface area contributed by atoms with Crippen molar-refractivity contribution in [1.82, 2.24) is 10.2 Å². The number of hydrogen-bond donors (Lipinski definition) is 2. The van der Waals surface area contributed by atoms with Gasteiger partial charge in [0.2, 0.25) is 6.41 Å². The molecule has 0 radical (unpaired) electrons. The third-order valence-electron chi connectivity index (χ3n) is 3.89. The molecule has 1 aromatic rings. The zero-order chi connectivity index (χ0) is 14.0. The Morgan fingerprint density at radius 3 is 2.79 bits per heavy atom. The number of ketones is 1. The number of likely N-dealkylation sites (N-methyl/N-ethyl adjacent to an activating group) is 2. The standard InChI is InChI=1S/C14H19N3O2/c1-16-8-13(19)14(17(2)9-18)6-10-3-4-12(15)5-11(10)7-14/h3-5,9,16H,6-8,15H2,1-2H3. The highest BCUT2D eigenvalue weighted by Gasteiger charge is 2.46. The van der Waals surface area contributed by atoms with Crippen LogP contribution in [0.3, 0.4) is 0 Å². The van der Waals surface area contributed by atoms with E-state index in [-0.39, 0.29) is 12.3 Å². The first kappa shape index (κ1) is 13.5. The molecule has 0 fully saturated rings. The zero-order valence-corrected chi connectivity index (χ0v) is 11.3. The monoisotopic (exact) mass is 261 g/mol. The van der Waals surface area contributed by atoms with Gasteiger partial charge in [-0.3, -0.25) is 9.59 Å². The highest BCUT2D eigenvalue weighted by molar-refractivity contribution is 5.93. The first-order chi connectivity index (χ1) is 9.03. The van der Waals surface area contributed by atoms with E-state index in [0.29, 0.717) is 18.5 Å². The molecule has 19 heavy (non-hydrogen) atoms. The molecule has 1 aliphatic rings. The van der Waals surface area contributed by atoms with E-state index in [1.165, 1.54) is 4.90 Å². The summed E-state index contributed by atoms with van der Waals surface area (Å²) < 4.78 is 0. The minimum atomic E-state index is -0.777. The molecule has 0 saturated carbocycles. The van der Waals surface area contributed by atoms with E-state index in [0.717, 1.165) is 17.5 Å². The number of rotatable bonds is 5. The second kappa shape index (κ2) is 5.01. The fraction of sp³-hybridized carbons (Fsp3) is 0.429.